The number of halogens is 2. The highest BCUT2D eigenvalue weighted by molar-refractivity contribution is 7.80. The molecule has 4 aromatic rings. The third-order valence-electron chi connectivity index (χ3n) is 4.08. The van der Waals surface area contributed by atoms with Gasteiger partial charge in [-0.15, -0.1) is 12.6 Å². The minimum atomic E-state index is 0.589. The average Bonchev–Trinajstić information content (AvgIpc) is 3.05. The van der Waals surface area contributed by atoms with Crippen molar-refractivity contribution in [2.24, 2.45) is 0 Å². The topological polar surface area (TPSA) is 68.2 Å². The molecule has 0 fully saturated rings. The number of nitrogens with zero attached hydrogens (tertiary/aromatic N) is 3. The first-order chi connectivity index (χ1) is 13.4. The number of hydrogen-bond donors (Lipinski definition) is 3. The van der Waals surface area contributed by atoms with E-state index in [9.17, 15) is 0 Å². The molecule has 0 atom stereocenters. The monoisotopic (exact) mass is 431 g/mol. The molecule has 0 aliphatic rings. The fraction of sp³-hybridized carbons (Fsp3) is 0.100. The van der Waals surface area contributed by atoms with Gasteiger partial charge in [0.05, 0.1) is 16.2 Å². The summed E-state index contributed by atoms with van der Waals surface area (Å²) in [4.78, 5) is 5.29. The molecular formula is C20H19Cl2N5S. The number of fused-ring (bicyclic) bond motifs is 1. The minimum Gasteiger partial charge on any atom is -0.399 e. The Hall–Kier alpha value is -2.41. The number of aryl methyl sites for hydroxylation is 1. The fourth-order valence-corrected chi connectivity index (χ4v) is 3.27. The lowest BCUT2D eigenvalue weighted by Crippen LogP contribution is -2.03. The van der Waals surface area contributed by atoms with E-state index >= 15 is 0 Å². The molecule has 0 amide bonds. The van der Waals surface area contributed by atoms with Crippen LogP contribution in [0.2, 0.25) is 10.0 Å². The maximum absolute atomic E-state index is 6.28. The molecule has 0 saturated carbocycles. The SMILES string of the molecule is CNc1c(-c2ccc(N)cc2Cl)cnc2c(C)cnn12.Sc1ccccc1Cl. The van der Waals surface area contributed by atoms with Gasteiger partial charge in [-0.05, 0) is 31.2 Å². The van der Waals surface area contributed by atoms with E-state index in [2.05, 4.69) is 28.0 Å². The Kier molecular flexibility index (Phi) is 6.34. The van der Waals surface area contributed by atoms with E-state index in [1.165, 1.54) is 0 Å². The molecule has 28 heavy (non-hydrogen) atoms. The Morgan fingerprint density at radius 3 is 2.39 bits per heavy atom. The highest BCUT2D eigenvalue weighted by Gasteiger charge is 2.14. The lowest BCUT2D eigenvalue weighted by atomic mass is 10.1. The van der Waals surface area contributed by atoms with Gasteiger partial charge in [0.1, 0.15) is 5.82 Å². The second-order valence-electron chi connectivity index (χ2n) is 6.02. The van der Waals surface area contributed by atoms with Crippen LogP contribution in [0, 0.1) is 6.92 Å². The number of thiol groups is 1. The van der Waals surface area contributed by atoms with Crippen LogP contribution in [-0.4, -0.2) is 21.6 Å². The van der Waals surface area contributed by atoms with Crippen molar-refractivity contribution >= 4 is 53.0 Å². The fourth-order valence-electron chi connectivity index (χ4n) is 2.68. The third-order valence-corrected chi connectivity index (χ3v) is 5.24. The molecule has 0 bridgehead atoms. The van der Waals surface area contributed by atoms with E-state index < -0.39 is 0 Å². The Morgan fingerprint density at radius 2 is 1.79 bits per heavy atom. The van der Waals surface area contributed by atoms with E-state index in [4.69, 9.17) is 28.9 Å². The Bertz CT molecular complexity index is 1110. The lowest BCUT2D eigenvalue weighted by molar-refractivity contribution is 0.945. The van der Waals surface area contributed by atoms with Gasteiger partial charge in [-0.3, -0.25) is 0 Å². The van der Waals surface area contributed by atoms with E-state index in [0.29, 0.717) is 15.7 Å². The summed E-state index contributed by atoms with van der Waals surface area (Å²) in [6.07, 6.45) is 3.59. The van der Waals surface area contributed by atoms with Crippen LogP contribution >= 0.6 is 35.8 Å². The van der Waals surface area contributed by atoms with Gasteiger partial charge in [-0.1, -0.05) is 41.4 Å². The predicted octanol–water partition coefficient (Wildman–Crippen LogP) is 5.61. The van der Waals surface area contributed by atoms with Crippen LogP contribution in [0.1, 0.15) is 5.56 Å². The van der Waals surface area contributed by atoms with Crippen molar-refractivity contribution in [1.82, 2.24) is 14.6 Å². The Labute approximate surface area is 178 Å². The average molecular weight is 432 g/mol. The Morgan fingerprint density at radius 1 is 1.04 bits per heavy atom. The standard InChI is InChI=1S/C14H14ClN5.C6H5ClS/c1-8-6-19-20-13(8)18-7-11(14(20)17-2)10-4-3-9(16)5-12(10)15;7-5-3-1-2-4-6(5)8/h3-7,17H,16H2,1-2H3;1-4,8H. The summed E-state index contributed by atoms with van der Waals surface area (Å²) in [5.41, 5.74) is 9.97. The van der Waals surface area contributed by atoms with E-state index in [-0.39, 0.29) is 0 Å². The number of aromatic nitrogens is 3. The van der Waals surface area contributed by atoms with Gasteiger partial charge in [0.25, 0.3) is 0 Å². The smallest absolute Gasteiger partial charge is 0.160 e. The summed E-state index contributed by atoms with van der Waals surface area (Å²) in [6, 6.07) is 12.9. The van der Waals surface area contributed by atoms with Gasteiger partial charge in [-0.2, -0.15) is 9.61 Å². The van der Waals surface area contributed by atoms with Crippen LogP contribution < -0.4 is 11.1 Å². The molecule has 2 heterocycles. The minimum absolute atomic E-state index is 0.589. The summed E-state index contributed by atoms with van der Waals surface area (Å²) in [6.45, 7) is 1.98. The molecule has 3 N–H and O–H groups in total. The summed E-state index contributed by atoms with van der Waals surface area (Å²) < 4.78 is 1.78. The van der Waals surface area contributed by atoms with Gasteiger partial charge in [-0.25, -0.2) is 4.98 Å². The van der Waals surface area contributed by atoms with Crippen molar-refractivity contribution < 1.29 is 0 Å². The highest BCUT2D eigenvalue weighted by Crippen LogP contribution is 2.34. The number of nitrogens with one attached hydrogen (secondary N) is 1. The molecule has 8 heteroatoms. The Balaban J connectivity index is 0.000000236. The summed E-state index contributed by atoms with van der Waals surface area (Å²) in [5, 5.41) is 8.80. The zero-order valence-electron chi connectivity index (χ0n) is 15.3. The maximum Gasteiger partial charge on any atom is 0.160 e. The number of nitrogens with two attached hydrogens (primary N) is 1. The summed E-state index contributed by atoms with van der Waals surface area (Å²) in [5.74, 6) is 0.842. The van der Waals surface area contributed by atoms with Crippen LogP contribution in [0.5, 0.6) is 0 Å². The normalized spacial score (nSPS) is 10.5. The molecule has 0 saturated heterocycles. The molecule has 5 nitrogen and oxygen atoms in total. The van der Waals surface area contributed by atoms with Gasteiger partial charge in [0.2, 0.25) is 0 Å². The van der Waals surface area contributed by atoms with Crippen LogP contribution in [0.25, 0.3) is 16.8 Å². The maximum atomic E-state index is 6.28. The predicted molar refractivity (Wildman–Crippen MR) is 121 cm³/mol. The largest absolute Gasteiger partial charge is 0.399 e. The molecule has 0 unspecified atom stereocenters. The van der Waals surface area contributed by atoms with Gasteiger partial charge >= 0.3 is 0 Å². The molecule has 4 rings (SSSR count). The van der Waals surface area contributed by atoms with Crippen molar-refractivity contribution in [2.75, 3.05) is 18.1 Å². The second-order valence-corrected chi connectivity index (χ2v) is 7.32. The lowest BCUT2D eigenvalue weighted by Gasteiger charge is -2.12. The summed E-state index contributed by atoms with van der Waals surface area (Å²) in [7, 11) is 1.85. The van der Waals surface area contributed by atoms with Crippen molar-refractivity contribution in [3.63, 3.8) is 0 Å². The van der Waals surface area contributed by atoms with E-state index in [1.807, 2.05) is 50.4 Å². The number of rotatable bonds is 2. The van der Waals surface area contributed by atoms with Gasteiger partial charge < -0.3 is 11.1 Å². The first-order valence-corrected chi connectivity index (χ1v) is 9.62. The zero-order chi connectivity index (χ0) is 20.3. The molecular weight excluding hydrogens is 413 g/mol. The van der Waals surface area contributed by atoms with Crippen molar-refractivity contribution in [3.05, 3.63) is 70.5 Å². The molecule has 0 radical (unpaired) electrons. The van der Waals surface area contributed by atoms with Crippen molar-refractivity contribution in [1.29, 1.82) is 0 Å². The second kappa shape index (κ2) is 8.73. The first-order valence-electron chi connectivity index (χ1n) is 8.42. The van der Waals surface area contributed by atoms with E-state index in [0.717, 1.165) is 33.1 Å². The van der Waals surface area contributed by atoms with Gasteiger partial charge in [0, 0.05) is 40.5 Å². The van der Waals surface area contributed by atoms with Crippen LogP contribution in [0.3, 0.4) is 0 Å². The number of benzene rings is 2. The molecule has 0 aliphatic carbocycles. The summed E-state index contributed by atoms with van der Waals surface area (Å²) >= 11 is 16.0. The molecule has 2 aromatic carbocycles. The molecule has 2 aromatic heterocycles. The highest BCUT2D eigenvalue weighted by atomic mass is 35.5. The zero-order valence-corrected chi connectivity index (χ0v) is 17.7. The number of nitrogen functional groups attached to an aromatic ring is 1. The third kappa shape index (κ3) is 4.19. The number of anilines is 2. The quantitative estimate of drug-likeness (QED) is 0.285. The van der Waals surface area contributed by atoms with Crippen LogP contribution in [0.15, 0.2) is 59.8 Å². The molecule has 144 valence electrons. The van der Waals surface area contributed by atoms with Crippen LogP contribution in [-0.2, 0) is 0 Å². The van der Waals surface area contributed by atoms with Gasteiger partial charge in [0.15, 0.2) is 5.65 Å². The molecule has 0 aliphatic heterocycles. The van der Waals surface area contributed by atoms with Crippen LogP contribution in [0.4, 0.5) is 11.5 Å². The molecule has 0 spiro atoms. The van der Waals surface area contributed by atoms with E-state index in [1.54, 1.807) is 23.0 Å². The number of hydrogen-bond acceptors (Lipinski definition) is 5. The first kappa shape index (κ1) is 20.3. The van der Waals surface area contributed by atoms with Crippen molar-refractivity contribution in [3.8, 4) is 11.1 Å². The van der Waals surface area contributed by atoms with Crippen molar-refractivity contribution in [2.45, 2.75) is 11.8 Å².